The lowest BCUT2D eigenvalue weighted by Crippen LogP contribution is -1.99. The highest BCUT2D eigenvalue weighted by molar-refractivity contribution is 5.33. The van der Waals surface area contributed by atoms with Crippen LogP contribution in [0.2, 0.25) is 0 Å². The zero-order valence-electron chi connectivity index (χ0n) is 9.48. The van der Waals surface area contributed by atoms with Crippen LogP contribution in [0.3, 0.4) is 0 Å². The van der Waals surface area contributed by atoms with Gasteiger partial charge in [0.05, 0.1) is 0 Å². The predicted molar refractivity (Wildman–Crippen MR) is 63.6 cm³/mol. The zero-order valence-corrected chi connectivity index (χ0v) is 9.48. The highest BCUT2D eigenvalue weighted by Crippen LogP contribution is 2.20. The van der Waals surface area contributed by atoms with Gasteiger partial charge < -0.3 is 9.84 Å². The Balaban J connectivity index is 2.10. The first kappa shape index (κ1) is 11.5. The van der Waals surface area contributed by atoms with E-state index in [1.807, 2.05) is 31.2 Å². The summed E-state index contributed by atoms with van der Waals surface area (Å²) in [4.78, 5) is 0. The van der Waals surface area contributed by atoms with E-state index in [0.29, 0.717) is 5.56 Å². The van der Waals surface area contributed by atoms with Gasteiger partial charge in [0.25, 0.3) is 0 Å². The topological polar surface area (TPSA) is 29.5 Å². The Morgan fingerprint density at radius 3 is 2.65 bits per heavy atom. The van der Waals surface area contributed by atoms with E-state index in [9.17, 15) is 4.39 Å². The van der Waals surface area contributed by atoms with E-state index in [4.69, 9.17) is 9.84 Å². The van der Waals surface area contributed by atoms with Gasteiger partial charge in [0.2, 0.25) is 0 Å². The quantitative estimate of drug-likeness (QED) is 0.878. The summed E-state index contributed by atoms with van der Waals surface area (Å²) in [6.07, 6.45) is 0. The number of phenolic OH excluding ortho intramolecular Hbond substituents is 1. The highest BCUT2D eigenvalue weighted by Gasteiger charge is 2.05. The van der Waals surface area contributed by atoms with Crippen LogP contribution in [0.4, 0.5) is 4.39 Å². The van der Waals surface area contributed by atoms with E-state index in [1.165, 1.54) is 12.1 Å². The molecule has 0 fully saturated rings. The Labute approximate surface area is 99.3 Å². The van der Waals surface area contributed by atoms with E-state index in [0.717, 1.165) is 17.4 Å². The predicted octanol–water partition coefficient (Wildman–Crippen LogP) is 3.42. The molecular formula is C14H13FO2. The lowest BCUT2D eigenvalue weighted by Gasteiger charge is -2.09. The molecule has 0 amide bonds. The molecule has 0 bridgehead atoms. The Morgan fingerprint density at radius 1 is 1.18 bits per heavy atom. The van der Waals surface area contributed by atoms with Crippen molar-refractivity contribution in [1.29, 1.82) is 0 Å². The number of rotatable bonds is 3. The summed E-state index contributed by atoms with van der Waals surface area (Å²) in [5, 5.41) is 9.09. The number of aromatic hydroxyl groups is 1. The molecule has 0 aromatic heterocycles. The number of ether oxygens (including phenoxy) is 1. The second-order valence-corrected chi connectivity index (χ2v) is 3.83. The van der Waals surface area contributed by atoms with Crippen LogP contribution in [0.25, 0.3) is 0 Å². The summed E-state index contributed by atoms with van der Waals surface area (Å²) in [7, 11) is 0. The van der Waals surface area contributed by atoms with Crippen LogP contribution in [0.5, 0.6) is 11.5 Å². The number of benzene rings is 2. The van der Waals surface area contributed by atoms with Gasteiger partial charge in [-0.2, -0.15) is 0 Å². The van der Waals surface area contributed by atoms with Crippen molar-refractivity contribution in [2.75, 3.05) is 0 Å². The second kappa shape index (κ2) is 4.87. The van der Waals surface area contributed by atoms with Gasteiger partial charge in [-0.05, 0) is 30.7 Å². The average Bonchev–Trinajstić information content (AvgIpc) is 2.30. The number of hydrogen-bond acceptors (Lipinski definition) is 2. The van der Waals surface area contributed by atoms with Gasteiger partial charge in [0.15, 0.2) is 0 Å². The first-order valence-corrected chi connectivity index (χ1v) is 5.32. The SMILES string of the molecule is Cc1ccccc1OCc1ccc(O)cc1F. The zero-order chi connectivity index (χ0) is 12.3. The number of halogens is 1. The van der Waals surface area contributed by atoms with Crippen LogP contribution in [0.15, 0.2) is 42.5 Å². The van der Waals surface area contributed by atoms with Crippen LogP contribution < -0.4 is 4.74 Å². The Kier molecular flexibility index (Phi) is 3.28. The molecule has 0 unspecified atom stereocenters. The van der Waals surface area contributed by atoms with Gasteiger partial charge in [-0.3, -0.25) is 0 Å². The lowest BCUT2D eigenvalue weighted by molar-refractivity contribution is 0.297. The Hall–Kier alpha value is -2.03. The van der Waals surface area contributed by atoms with Gasteiger partial charge in [0, 0.05) is 11.6 Å². The van der Waals surface area contributed by atoms with Crippen LogP contribution in [-0.2, 0) is 6.61 Å². The van der Waals surface area contributed by atoms with Gasteiger partial charge in [-0.15, -0.1) is 0 Å². The first-order chi connectivity index (χ1) is 8.16. The molecule has 0 spiro atoms. The van der Waals surface area contributed by atoms with Crippen molar-refractivity contribution in [2.45, 2.75) is 13.5 Å². The molecule has 2 rings (SSSR count). The fraction of sp³-hybridized carbons (Fsp3) is 0.143. The molecule has 0 saturated heterocycles. The van der Waals surface area contributed by atoms with Crippen molar-refractivity contribution in [2.24, 2.45) is 0 Å². The number of aryl methyl sites for hydroxylation is 1. The van der Waals surface area contributed by atoms with Crippen molar-refractivity contribution in [3.8, 4) is 11.5 Å². The second-order valence-electron chi connectivity index (χ2n) is 3.83. The summed E-state index contributed by atoms with van der Waals surface area (Å²) in [5.74, 6) is 0.195. The molecule has 2 aromatic carbocycles. The molecular weight excluding hydrogens is 219 g/mol. The summed E-state index contributed by atoms with van der Waals surface area (Å²) >= 11 is 0. The number of phenols is 1. The van der Waals surface area contributed by atoms with Crippen molar-refractivity contribution < 1.29 is 14.2 Å². The Morgan fingerprint density at radius 2 is 1.94 bits per heavy atom. The summed E-state index contributed by atoms with van der Waals surface area (Å²) in [6.45, 7) is 2.08. The summed E-state index contributed by atoms with van der Waals surface area (Å²) < 4.78 is 18.9. The summed E-state index contributed by atoms with van der Waals surface area (Å²) in [6, 6.07) is 11.6. The van der Waals surface area contributed by atoms with E-state index in [-0.39, 0.29) is 12.4 Å². The van der Waals surface area contributed by atoms with E-state index in [2.05, 4.69) is 0 Å². The molecule has 0 aliphatic heterocycles. The maximum absolute atomic E-state index is 13.4. The van der Waals surface area contributed by atoms with Gasteiger partial charge in [0.1, 0.15) is 23.9 Å². The Bertz CT molecular complexity index is 523. The minimum absolute atomic E-state index is 0.0814. The maximum atomic E-state index is 13.4. The number of para-hydroxylation sites is 1. The molecule has 0 heterocycles. The molecule has 88 valence electrons. The van der Waals surface area contributed by atoms with Gasteiger partial charge in [-0.1, -0.05) is 18.2 Å². The minimum Gasteiger partial charge on any atom is -0.508 e. The molecule has 0 atom stereocenters. The number of hydrogen-bond donors (Lipinski definition) is 1. The van der Waals surface area contributed by atoms with Crippen LogP contribution >= 0.6 is 0 Å². The molecule has 0 aliphatic rings. The van der Waals surface area contributed by atoms with Crippen LogP contribution in [-0.4, -0.2) is 5.11 Å². The normalized spacial score (nSPS) is 10.2. The third-order valence-electron chi connectivity index (χ3n) is 2.51. The minimum atomic E-state index is -0.460. The third-order valence-corrected chi connectivity index (χ3v) is 2.51. The molecule has 0 saturated carbocycles. The van der Waals surface area contributed by atoms with E-state index < -0.39 is 5.82 Å². The van der Waals surface area contributed by atoms with Gasteiger partial charge in [-0.25, -0.2) is 4.39 Å². The maximum Gasteiger partial charge on any atom is 0.133 e. The third kappa shape index (κ3) is 2.75. The fourth-order valence-corrected chi connectivity index (χ4v) is 1.53. The molecule has 2 nitrogen and oxygen atoms in total. The standard InChI is InChI=1S/C14H13FO2/c1-10-4-2-3-5-14(10)17-9-11-6-7-12(16)8-13(11)15/h2-8,16H,9H2,1H3. The van der Waals surface area contributed by atoms with E-state index >= 15 is 0 Å². The molecule has 0 aliphatic carbocycles. The molecule has 17 heavy (non-hydrogen) atoms. The van der Waals surface area contributed by atoms with Crippen LogP contribution in [0.1, 0.15) is 11.1 Å². The molecule has 2 aromatic rings. The van der Waals surface area contributed by atoms with Crippen molar-refractivity contribution in [3.05, 3.63) is 59.4 Å². The average molecular weight is 232 g/mol. The molecule has 0 radical (unpaired) electrons. The molecule has 3 heteroatoms. The fourth-order valence-electron chi connectivity index (χ4n) is 1.53. The van der Waals surface area contributed by atoms with E-state index in [1.54, 1.807) is 0 Å². The smallest absolute Gasteiger partial charge is 0.133 e. The van der Waals surface area contributed by atoms with Crippen LogP contribution in [0, 0.1) is 12.7 Å². The summed E-state index contributed by atoms with van der Waals surface area (Å²) in [5.41, 5.74) is 1.43. The van der Waals surface area contributed by atoms with Crippen molar-refractivity contribution in [1.82, 2.24) is 0 Å². The van der Waals surface area contributed by atoms with Crippen molar-refractivity contribution in [3.63, 3.8) is 0 Å². The lowest BCUT2D eigenvalue weighted by atomic mass is 10.2. The monoisotopic (exact) mass is 232 g/mol. The first-order valence-electron chi connectivity index (χ1n) is 5.32. The van der Waals surface area contributed by atoms with Crippen molar-refractivity contribution >= 4 is 0 Å². The largest absolute Gasteiger partial charge is 0.508 e. The molecule has 1 N–H and O–H groups in total. The van der Waals surface area contributed by atoms with Gasteiger partial charge >= 0.3 is 0 Å². The highest BCUT2D eigenvalue weighted by atomic mass is 19.1.